The molecule has 0 bridgehead atoms. The molecule has 124 valence electrons. The van der Waals surface area contributed by atoms with Gasteiger partial charge in [0.2, 0.25) is 0 Å². The van der Waals surface area contributed by atoms with Crippen LogP contribution in [0.15, 0.2) is 47.4 Å². The van der Waals surface area contributed by atoms with Crippen LogP contribution in [0.1, 0.15) is 23.6 Å². The van der Waals surface area contributed by atoms with Crippen LogP contribution in [0.2, 0.25) is 0 Å². The summed E-state index contributed by atoms with van der Waals surface area (Å²) in [5.41, 5.74) is 0.595. The Morgan fingerprint density at radius 3 is 2.17 bits per heavy atom. The summed E-state index contributed by atoms with van der Waals surface area (Å²) in [4.78, 5) is -0.145. The van der Waals surface area contributed by atoms with Crippen LogP contribution in [0.3, 0.4) is 0 Å². The van der Waals surface area contributed by atoms with Gasteiger partial charge in [-0.2, -0.15) is 13.2 Å². The highest BCUT2D eigenvalue weighted by Crippen LogP contribution is 2.32. The van der Waals surface area contributed by atoms with Crippen LogP contribution in [-0.4, -0.2) is 8.42 Å². The van der Waals surface area contributed by atoms with Crippen molar-refractivity contribution in [3.05, 3.63) is 59.2 Å². The zero-order valence-corrected chi connectivity index (χ0v) is 13.4. The first-order chi connectivity index (χ1) is 10.6. The minimum absolute atomic E-state index is 0.124. The predicted molar refractivity (Wildman–Crippen MR) is 82.8 cm³/mol. The van der Waals surface area contributed by atoms with Gasteiger partial charge in [-0.05, 0) is 49.2 Å². The molecule has 23 heavy (non-hydrogen) atoms. The summed E-state index contributed by atoms with van der Waals surface area (Å²) in [6, 6.07) is 9.34. The fourth-order valence-electron chi connectivity index (χ4n) is 2.13. The second-order valence-electron chi connectivity index (χ2n) is 5.15. The average Bonchev–Trinajstić information content (AvgIpc) is 2.48. The molecule has 0 atom stereocenters. The molecule has 0 radical (unpaired) electrons. The highest BCUT2D eigenvalue weighted by Gasteiger charge is 2.32. The molecule has 0 aliphatic rings. The smallest absolute Gasteiger partial charge is 0.280 e. The molecule has 7 heteroatoms. The van der Waals surface area contributed by atoms with Gasteiger partial charge in [0.25, 0.3) is 10.0 Å². The lowest BCUT2D eigenvalue weighted by Gasteiger charge is -2.14. The molecule has 0 aliphatic heterocycles. The van der Waals surface area contributed by atoms with Crippen molar-refractivity contribution >= 4 is 15.7 Å². The highest BCUT2D eigenvalue weighted by atomic mass is 32.2. The number of anilines is 1. The molecule has 0 saturated heterocycles. The minimum atomic E-state index is -4.50. The zero-order valence-electron chi connectivity index (χ0n) is 12.6. The normalized spacial score (nSPS) is 12.2. The van der Waals surface area contributed by atoms with Crippen molar-refractivity contribution in [3.63, 3.8) is 0 Å². The van der Waals surface area contributed by atoms with Gasteiger partial charge in [0.15, 0.2) is 0 Å². The molecular formula is C16H16F3NO2S. The third-order valence-corrected chi connectivity index (χ3v) is 4.84. The van der Waals surface area contributed by atoms with Crippen molar-refractivity contribution in [2.45, 2.75) is 31.3 Å². The predicted octanol–water partition coefficient (Wildman–Crippen LogP) is 4.38. The number of sulfonamides is 1. The Labute approximate surface area is 133 Å². The van der Waals surface area contributed by atoms with E-state index in [4.69, 9.17) is 0 Å². The molecule has 0 unspecified atom stereocenters. The summed E-state index contributed by atoms with van der Waals surface area (Å²) in [6.07, 6.45) is -4.33. The summed E-state index contributed by atoms with van der Waals surface area (Å²) < 4.78 is 65.5. The summed E-state index contributed by atoms with van der Waals surface area (Å²) >= 11 is 0. The van der Waals surface area contributed by atoms with E-state index in [0.717, 1.165) is 23.8 Å². The number of nitrogens with one attached hydrogen (secondary N) is 1. The number of hydrogen-bond acceptors (Lipinski definition) is 2. The van der Waals surface area contributed by atoms with Crippen LogP contribution in [0.25, 0.3) is 0 Å². The largest absolute Gasteiger partial charge is 0.416 e. The maximum absolute atomic E-state index is 12.8. The maximum Gasteiger partial charge on any atom is 0.416 e. The van der Waals surface area contributed by atoms with Gasteiger partial charge in [0.1, 0.15) is 0 Å². The van der Waals surface area contributed by atoms with Gasteiger partial charge in [-0.1, -0.05) is 24.6 Å². The number of benzene rings is 2. The van der Waals surface area contributed by atoms with Gasteiger partial charge < -0.3 is 0 Å². The Bertz CT molecular complexity index is 797. The van der Waals surface area contributed by atoms with Crippen molar-refractivity contribution in [2.75, 3.05) is 4.72 Å². The van der Waals surface area contributed by atoms with Crippen molar-refractivity contribution in [2.24, 2.45) is 0 Å². The van der Waals surface area contributed by atoms with Crippen molar-refractivity contribution in [1.82, 2.24) is 0 Å². The number of aryl methyl sites for hydroxylation is 2. The van der Waals surface area contributed by atoms with Gasteiger partial charge >= 0.3 is 6.18 Å². The second kappa shape index (κ2) is 6.23. The lowest BCUT2D eigenvalue weighted by atomic mass is 10.1. The quantitative estimate of drug-likeness (QED) is 0.896. The van der Waals surface area contributed by atoms with Crippen molar-refractivity contribution < 1.29 is 21.6 Å². The molecule has 0 aromatic heterocycles. The molecule has 0 heterocycles. The zero-order chi connectivity index (χ0) is 17.3. The van der Waals surface area contributed by atoms with Crippen LogP contribution in [-0.2, 0) is 22.6 Å². The van der Waals surface area contributed by atoms with Gasteiger partial charge in [-0.25, -0.2) is 8.42 Å². The summed E-state index contributed by atoms with van der Waals surface area (Å²) in [5.74, 6) is 0. The Morgan fingerprint density at radius 2 is 1.65 bits per heavy atom. The molecule has 0 aliphatic carbocycles. The molecule has 1 N–H and O–H groups in total. The van der Waals surface area contributed by atoms with Crippen LogP contribution in [0, 0.1) is 6.92 Å². The minimum Gasteiger partial charge on any atom is -0.280 e. The van der Waals surface area contributed by atoms with Crippen LogP contribution >= 0.6 is 0 Å². The lowest BCUT2D eigenvalue weighted by molar-refractivity contribution is -0.137. The summed E-state index contributed by atoms with van der Waals surface area (Å²) in [5, 5.41) is 0. The Kier molecular flexibility index (Phi) is 4.70. The summed E-state index contributed by atoms with van der Waals surface area (Å²) in [6.45, 7) is 3.48. The number of alkyl halides is 3. The van der Waals surface area contributed by atoms with Crippen LogP contribution in [0.4, 0.5) is 18.9 Å². The van der Waals surface area contributed by atoms with E-state index in [1.807, 2.05) is 6.92 Å². The molecule has 0 spiro atoms. The molecule has 0 fully saturated rings. The lowest BCUT2D eigenvalue weighted by Crippen LogP contribution is -2.16. The fourth-order valence-corrected chi connectivity index (χ4v) is 3.48. The Morgan fingerprint density at radius 1 is 1.04 bits per heavy atom. The van der Waals surface area contributed by atoms with E-state index < -0.39 is 21.8 Å². The highest BCUT2D eigenvalue weighted by molar-refractivity contribution is 7.92. The topological polar surface area (TPSA) is 46.2 Å². The van der Waals surface area contributed by atoms with E-state index in [9.17, 15) is 21.6 Å². The first kappa shape index (κ1) is 17.3. The standard InChI is InChI=1S/C16H16F3NO2S/c1-3-12-10-13(16(17,18)19)6-9-15(12)23(21,22)20-14-7-4-11(2)5-8-14/h4-10,20H,3H2,1-2H3. The van der Waals surface area contributed by atoms with Crippen molar-refractivity contribution in [3.8, 4) is 0 Å². The van der Waals surface area contributed by atoms with E-state index in [-0.39, 0.29) is 16.9 Å². The second-order valence-corrected chi connectivity index (χ2v) is 6.80. The third kappa shape index (κ3) is 4.04. The third-order valence-electron chi connectivity index (χ3n) is 3.36. The van der Waals surface area contributed by atoms with Crippen LogP contribution < -0.4 is 4.72 Å². The van der Waals surface area contributed by atoms with E-state index in [1.54, 1.807) is 31.2 Å². The molecule has 2 aromatic rings. The first-order valence-corrected chi connectivity index (χ1v) is 8.41. The van der Waals surface area contributed by atoms with E-state index in [2.05, 4.69) is 4.72 Å². The van der Waals surface area contributed by atoms with Crippen LogP contribution in [0.5, 0.6) is 0 Å². The SMILES string of the molecule is CCc1cc(C(F)(F)F)ccc1S(=O)(=O)Nc1ccc(C)cc1. The van der Waals surface area contributed by atoms with E-state index in [0.29, 0.717) is 5.69 Å². The van der Waals surface area contributed by atoms with Gasteiger partial charge in [-0.3, -0.25) is 4.72 Å². The average molecular weight is 343 g/mol. The fraction of sp³-hybridized carbons (Fsp3) is 0.250. The van der Waals surface area contributed by atoms with Gasteiger partial charge in [-0.15, -0.1) is 0 Å². The number of rotatable bonds is 4. The molecule has 2 rings (SSSR count). The summed E-state index contributed by atoms with van der Waals surface area (Å²) in [7, 11) is -3.95. The number of halogens is 3. The number of hydrogen-bond donors (Lipinski definition) is 1. The molecule has 3 nitrogen and oxygen atoms in total. The van der Waals surface area contributed by atoms with E-state index in [1.165, 1.54) is 0 Å². The maximum atomic E-state index is 12.8. The monoisotopic (exact) mass is 343 g/mol. The Hall–Kier alpha value is -2.02. The van der Waals surface area contributed by atoms with Gasteiger partial charge in [0, 0.05) is 5.69 Å². The Balaban J connectivity index is 2.41. The van der Waals surface area contributed by atoms with E-state index >= 15 is 0 Å². The first-order valence-electron chi connectivity index (χ1n) is 6.93. The molecule has 0 amide bonds. The van der Waals surface area contributed by atoms with Gasteiger partial charge in [0.05, 0.1) is 10.5 Å². The molecular weight excluding hydrogens is 327 g/mol. The van der Waals surface area contributed by atoms with Crippen molar-refractivity contribution in [1.29, 1.82) is 0 Å². The molecule has 0 saturated carbocycles. The molecule has 2 aromatic carbocycles.